The van der Waals surface area contributed by atoms with Crippen LogP contribution < -0.4 is 19.5 Å². The molecule has 0 spiro atoms. The Balaban J connectivity index is 2.05. The van der Waals surface area contributed by atoms with E-state index in [1.165, 1.54) is 0 Å². The second kappa shape index (κ2) is 10.9. The lowest BCUT2D eigenvalue weighted by molar-refractivity contribution is -0.116. The van der Waals surface area contributed by atoms with Gasteiger partial charge in [0.05, 0.1) is 27.6 Å². The van der Waals surface area contributed by atoms with Gasteiger partial charge in [-0.25, -0.2) is 0 Å². The van der Waals surface area contributed by atoms with Crippen molar-refractivity contribution in [2.75, 3.05) is 41.6 Å². The maximum Gasteiger partial charge on any atom is 0.244 e. The number of benzene rings is 2. The van der Waals surface area contributed by atoms with Gasteiger partial charge in [0.2, 0.25) is 5.91 Å². The maximum absolute atomic E-state index is 12.4. The number of fused-ring (bicyclic) bond motifs is 1. The van der Waals surface area contributed by atoms with Gasteiger partial charge in [-0.3, -0.25) is 4.79 Å². The standard InChI is InChI=1S/C26H31NO6/c1-16(12-24(28)27-10-7-11-29-3)19-14-20-21(15-33-26(20)17(2)25(19)32-6)18-8-9-22(30-4)23(13-18)31-5/h8-9,12-15H,7,10-11H2,1-6H3,(H,27,28)/b16-12+. The minimum absolute atomic E-state index is 0.157. The Bertz CT molecular complexity index is 1160. The molecule has 33 heavy (non-hydrogen) atoms. The first-order valence-corrected chi connectivity index (χ1v) is 10.7. The lowest BCUT2D eigenvalue weighted by atomic mass is 9.96. The Morgan fingerprint density at radius 3 is 2.48 bits per heavy atom. The van der Waals surface area contributed by atoms with E-state index in [9.17, 15) is 4.79 Å². The topological polar surface area (TPSA) is 79.2 Å². The third-order valence-corrected chi connectivity index (χ3v) is 5.54. The Labute approximate surface area is 194 Å². The first kappa shape index (κ1) is 24.2. The number of rotatable bonds is 10. The molecular weight excluding hydrogens is 422 g/mol. The van der Waals surface area contributed by atoms with Crippen molar-refractivity contribution in [1.29, 1.82) is 0 Å². The van der Waals surface area contributed by atoms with E-state index in [0.717, 1.165) is 45.2 Å². The van der Waals surface area contributed by atoms with Crippen molar-refractivity contribution in [1.82, 2.24) is 5.32 Å². The Kier molecular flexibility index (Phi) is 8.01. The van der Waals surface area contributed by atoms with Crippen molar-refractivity contribution in [3.05, 3.63) is 47.7 Å². The molecule has 7 nitrogen and oxygen atoms in total. The van der Waals surface area contributed by atoms with E-state index in [0.29, 0.717) is 30.4 Å². The van der Waals surface area contributed by atoms with Gasteiger partial charge < -0.3 is 28.7 Å². The molecule has 0 unspecified atom stereocenters. The van der Waals surface area contributed by atoms with Gasteiger partial charge >= 0.3 is 0 Å². The van der Waals surface area contributed by atoms with Crippen LogP contribution in [0.5, 0.6) is 17.2 Å². The van der Waals surface area contributed by atoms with Gasteiger partial charge in [-0.2, -0.15) is 0 Å². The van der Waals surface area contributed by atoms with Crippen LogP contribution in [0.25, 0.3) is 27.7 Å². The fraction of sp³-hybridized carbons (Fsp3) is 0.346. The third-order valence-electron chi connectivity index (χ3n) is 5.54. The normalized spacial score (nSPS) is 11.5. The molecule has 3 rings (SSSR count). The van der Waals surface area contributed by atoms with Gasteiger partial charge in [0.15, 0.2) is 11.5 Å². The fourth-order valence-electron chi connectivity index (χ4n) is 3.85. The highest BCUT2D eigenvalue weighted by Gasteiger charge is 2.19. The van der Waals surface area contributed by atoms with E-state index in [2.05, 4.69) is 5.32 Å². The summed E-state index contributed by atoms with van der Waals surface area (Å²) >= 11 is 0. The average molecular weight is 454 g/mol. The lowest BCUT2D eigenvalue weighted by Crippen LogP contribution is -2.23. The van der Waals surface area contributed by atoms with Gasteiger partial charge in [-0.05, 0) is 49.6 Å². The quantitative estimate of drug-likeness (QED) is 0.344. The van der Waals surface area contributed by atoms with Gasteiger partial charge in [-0.15, -0.1) is 0 Å². The number of furan rings is 1. The Morgan fingerprint density at radius 2 is 1.82 bits per heavy atom. The molecule has 0 aliphatic rings. The number of methoxy groups -OCH3 is 4. The van der Waals surface area contributed by atoms with E-state index in [4.69, 9.17) is 23.4 Å². The minimum Gasteiger partial charge on any atom is -0.496 e. The summed E-state index contributed by atoms with van der Waals surface area (Å²) in [5.41, 5.74) is 5.06. The lowest BCUT2D eigenvalue weighted by Gasteiger charge is -2.14. The average Bonchev–Trinajstić information content (AvgIpc) is 3.25. The van der Waals surface area contributed by atoms with Crippen molar-refractivity contribution < 1.29 is 28.2 Å². The molecule has 3 aromatic rings. The van der Waals surface area contributed by atoms with Gasteiger partial charge in [0.25, 0.3) is 0 Å². The molecule has 0 saturated heterocycles. The molecule has 0 radical (unpaired) electrons. The van der Waals surface area contributed by atoms with Crippen LogP contribution in [0.2, 0.25) is 0 Å². The fourth-order valence-corrected chi connectivity index (χ4v) is 3.85. The zero-order chi connectivity index (χ0) is 24.0. The summed E-state index contributed by atoms with van der Waals surface area (Å²) in [5.74, 6) is 1.81. The molecule has 0 bridgehead atoms. The summed E-state index contributed by atoms with van der Waals surface area (Å²) in [7, 11) is 6.48. The zero-order valence-electron chi connectivity index (χ0n) is 20.0. The SMILES string of the molecule is COCCCNC(=O)/C=C(\C)c1cc2c(-c3ccc(OC)c(OC)c3)coc2c(C)c1OC. The van der Waals surface area contributed by atoms with Gasteiger partial charge in [0.1, 0.15) is 11.3 Å². The number of carbonyl (C=O) groups is 1. The summed E-state index contributed by atoms with van der Waals surface area (Å²) in [4.78, 5) is 12.4. The number of hydrogen-bond donors (Lipinski definition) is 1. The Morgan fingerprint density at radius 1 is 1.06 bits per heavy atom. The third kappa shape index (κ3) is 5.14. The Hall–Kier alpha value is -3.45. The van der Waals surface area contributed by atoms with Gasteiger partial charge in [0, 0.05) is 48.4 Å². The summed E-state index contributed by atoms with van der Waals surface area (Å²) < 4.78 is 27.5. The van der Waals surface area contributed by atoms with Crippen LogP contribution in [0.1, 0.15) is 24.5 Å². The van der Waals surface area contributed by atoms with Crippen molar-refractivity contribution in [2.45, 2.75) is 20.3 Å². The van der Waals surface area contributed by atoms with Crippen LogP contribution in [0.4, 0.5) is 0 Å². The van der Waals surface area contributed by atoms with Crippen LogP contribution in [0.15, 0.2) is 41.0 Å². The maximum atomic E-state index is 12.4. The smallest absolute Gasteiger partial charge is 0.244 e. The first-order chi connectivity index (χ1) is 15.9. The molecule has 7 heteroatoms. The van der Waals surface area contributed by atoms with Crippen LogP contribution in [-0.2, 0) is 9.53 Å². The van der Waals surface area contributed by atoms with Crippen LogP contribution in [0.3, 0.4) is 0 Å². The molecular formula is C26H31NO6. The molecule has 176 valence electrons. The van der Waals surface area contributed by atoms with Crippen molar-refractivity contribution in [3.63, 3.8) is 0 Å². The van der Waals surface area contributed by atoms with Crippen molar-refractivity contribution >= 4 is 22.4 Å². The minimum atomic E-state index is -0.157. The molecule has 1 heterocycles. The second-order valence-corrected chi connectivity index (χ2v) is 7.64. The van der Waals surface area contributed by atoms with E-state index in [1.54, 1.807) is 40.8 Å². The summed E-state index contributed by atoms with van der Waals surface area (Å²) in [6, 6.07) is 7.74. The molecule has 0 fully saturated rings. The second-order valence-electron chi connectivity index (χ2n) is 7.64. The predicted molar refractivity (Wildman–Crippen MR) is 129 cm³/mol. The number of hydrogen-bond acceptors (Lipinski definition) is 6. The molecule has 0 aliphatic carbocycles. The molecule has 1 amide bonds. The number of allylic oxidation sites excluding steroid dienone is 1. The molecule has 0 atom stereocenters. The summed E-state index contributed by atoms with van der Waals surface area (Å²) in [6.07, 6.45) is 4.07. The zero-order valence-corrected chi connectivity index (χ0v) is 20.0. The van der Waals surface area contributed by atoms with E-state index >= 15 is 0 Å². The monoisotopic (exact) mass is 453 g/mol. The van der Waals surface area contributed by atoms with E-state index < -0.39 is 0 Å². The number of aryl methyl sites for hydroxylation is 1. The number of nitrogens with one attached hydrogen (secondary N) is 1. The highest BCUT2D eigenvalue weighted by atomic mass is 16.5. The summed E-state index contributed by atoms with van der Waals surface area (Å²) in [5, 5.41) is 3.80. The number of ether oxygens (including phenoxy) is 4. The molecule has 0 saturated carbocycles. The predicted octanol–water partition coefficient (Wildman–Crippen LogP) is 4.99. The highest BCUT2D eigenvalue weighted by molar-refractivity contribution is 6.01. The molecule has 0 aliphatic heterocycles. The van der Waals surface area contributed by atoms with E-state index in [-0.39, 0.29) is 5.91 Å². The van der Waals surface area contributed by atoms with Crippen LogP contribution >= 0.6 is 0 Å². The molecule has 2 aromatic carbocycles. The van der Waals surface area contributed by atoms with Crippen LogP contribution in [-0.4, -0.2) is 47.5 Å². The number of amides is 1. The molecule has 1 N–H and O–H groups in total. The van der Waals surface area contributed by atoms with Crippen LogP contribution in [0, 0.1) is 6.92 Å². The summed E-state index contributed by atoms with van der Waals surface area (Å²) in [6.45, 7) is 5.00. The highest BCUT2D eigenvalue weighted by Crippen LogP contribution is 2.42. The molecule has 1 aromatic heterocycles. The largest absolute Gasteiger partial charge is 0.496 e. The van der Waals surface area contributed by atoms with Crippen molar-refractivity contribution in [2.24, 2.45) is 0 Å². The van der Waals surface area contributed by atoms with Crippen molar-refractivity contribution in [3.8, 4) is 28.4 Å². The van der Waals surface area contributed by atoms with Gasteiger partial charge in [-0.1, -0.05) is 6.07 Å². The first-order valence-electron chi connectivity index (χ1n) is 10.7. The van der Waals surface area contributed by atoms with E-state index in [1.807, 2.05) is 38.1 Å². The number of carbonyl (C=O) groups excluding carboxylic acids is 1.